The van der Waals surface area contributed by atoms with Crippen molar-refractivity contribution in [1.29, 1.82) is 0 Å². The average molecular weight is 316 g/mol. The Kier molecular flexibility index (Phi) is 3.60. The lowest BCUT2D eigenvalue weighted by Gasteiger charge is -2.27. The number of halogens is 1. The van der Waals surface area contributed by atoms with Gasteiger partial charge in [-0.2, -0.15) is 0 Å². The van der Waals surface area contributed by atoms with E-state index in [2.05, 4.69) is 4.99 Å². The highest BCUT2D eigenvalue weighted by Crippen LogP contribution is 2.33. The predicted molar refractivity (Wildman–Crippen MR) is 88.2 cm³/mol. The van der Waals surface area contributed by atoms with Crippen LogP contribution in [0.25, 0.3) is 0 Å². The summed E-state index contributed by atoms with van der Waals surface area (Å²) in [7, 11) is 3.48. The van der Waals surface area contributed by atoms with Crippen molar-refractivity contribution in [3.63, 3.8) is 0 Å². The molecular formula is C17H16ClN2O2+. The van der Waals surface area contributed by atoms with E-state index in [9.17, 15) is 9.90 Å². The summed E-state index contributed by atoms with van der Waals surface area (Å²) < 4.78 is -0.0898. The van der Waals surface area contributed by atoms with Crippen LogP contribution in [-0.4, -0.2) is 37.0 Å². The van der Waals surface area contributed by atoms with Gasteiger partial charge in [0.1, 0.15) is 5.69 Å². The van der Waals surface area contributed by atoms with Crippen LogP contribution in [0.2, 0.25) is 5.02 Å². The van der Waals surface area contributed by atoms with Gasteiger partial charge in [0.15, 0.2) is 0 Å². The minimum Gasteiger partial charge on any atom is -0.361 e. The molecule has 0 fully saturated rings. The molecule has 5 heteroatoms. The molecule has 22 heavy (non-hydrogen) atoms. The number of carbonyl (C=O) groups excluding carboxylic acids is 1. The molecule has 0 aliphatic carbocycles. The summed E-state index contributed by atoms with van der Waals surface area (Å²) in [6, 6.07) is 14.8. The quantitative estimate of drug-likeness (QED) is 0.822. The van der Waals surface area contributed by atoms with Crippen LogP contribution in [0, 0.1) is 0 Å². The van der Waals surface area contributed by atoms with Gasteiger partial charge in [-0.15, -0.1) is 0 Å². The van der Waals surface area contributed by atoms with E-state index in [1.807, 2.05) is 36.4 Å². The third-order valence-electron chi connectivity index (χ3n) is 3.89. The predicted octanol–water partition coefficient (Wildman–Crippen LogP) is 2.60. The van der Waals surface area contributed by atoms with Gasteiger partial charge < -0.3 is 5.11 Å². The number of nitrogens with zero attached hydrogens (tertiary/aromatic N) is 2. The zero-order chi connectivity index (χ0) is 15.9. The lowest BCUT2D eigenvalue weighted by Crippen LogP contribution is -2.51. The van der Waals surface area contributed by atoms with Gasteiger partial charge in [-0.3, -0.25) is 0 Å². The molecule has 2 aromatic carbocycles. The molecule has 1 aliphatic rings. The Morgan fingerprint density at radius 2 is 1.82 bits per heavy atom. The zero-order valence-corrected chi connectivity index (χ0v) is 13.1. The summed E-state index contributed by atoms with van der Waals surface area (Å²) in [6.07, 6.45) is -1.41. The number of aliphatic hydroxyl groups is 1. The van der Waals surface area contributed by atoms with E-state index in [1.165, 1.54) is 0 Å². The molecule has 0 bridgehead atoms. The van der Waals surface area contributed by atoms with Crippen molar-refractivity contribution in [1.82, 2.24) is 4.48 Å². The summed E-state index contributed by atoms with van der Waals surface area (Å²) in [5, 5.41) is 10.7. The maximum atomic E-state index is 12.5. The maximum absolute atomic E-state index is 12.5. The van der Waals surface area contributed by atoms with Gasteiger partial charge in [0.25, 0.3) is 6.23 Å². The van der Waals surface area contributed by atoms with Crippen LogP contribution in [0.3, 0.4) is 0 Å². The van der Waals surface area contributed by atoms with E-state index in [4.69, 9.17) is 11.6 Å². The van der Waals surface area contributed by atoms with Crippen molar-refractivity contribution in [3.05, 3.63) is 64.7 Å². The molecule has 1 atom stereocenters. The third-order valence-corrected chi connectivity index (χ3v) is 4.12. The van der Waals surface area contributed by atoms with Crippen LogP contribution in [0.4, 0.5) is 5.69 Å². The fourth-order valence-corrected chi connectivity index (χ4v) is 2.84. The van der Waals surface area contributed by atoms with Crippen LogP contribution >= 0.6 is 11.6 Å². The van der Waals surface area contributed by atoms with Crippen molar-refractivity contribution in [2.45, 2.75) is 6.23 Å². The van der Waals surface area contributed by atoms with Gasteiger partial charge in [-0.05, 0) is 12.1 Å². The van der Waals surface area contributed by atoms with Gasteiger partial charge >= 0.3 is 5.91 Å². The Bertz CT molecular complexity index is 769. The molecule has 0 saturated carbocycles. The number of amides is 1. The fourth-order valence-electron chi connectivity index (χ4n) is 2.67. The second kappa shape index (κ2) is 5.32. The molecule has 1 N–H and O–H groups in total. The molecule has 1 aliphatic heterocycles. The van der Waals surface area contributed by atoms with E-state index in [0.717, 1.165) is 16.8 Å². The molecule has 112 valence electrons. The molecule has 0 spiro atoms. The Morgan fingerprint density at radius 1 is 1.14 bits per heavy atom. The molecule has 0 radical (unpaired) electrons. The minimum atomic E-state index is -1.41. The van der Waals surface area contributed by atoms with Crippen molar-refractivity contribution in [2.75, 3.05) is 14.1 Å². The topological polar surface area (TPSA) is 49.7 Å². The maximum Gasteiger partial charge on any atom is 0.369 e. The number of fused-ring (bicyclic) bond motifs is 1. The highest BCUT2D eigenvalue weighted by atomic mass is 35.5. The zero-order valence-electron chi connectivity index (χ0n) is 12.3. The van der Waals surface area contributed by atoms with Crippen molar-refractivity contribution in [2.24, 2.45) is 4.99 Å². The van der Waals surface area contributed by atoms with E-state index >= 15 is 0 Å². The Hall–Kier alpha value is -2.01. The van der Waals surface area contributed by atoms with E-state index in [-0.39, 0.29) is 10.4 Å². The number of hydrogen-bond donors (Lipinski definition) is 1. The molecule has 1 unspecified atom stereocenters. The second-order valence-corrected chi connectivity index (χ2v) is 6.11. The molecule has 0 aromatic heterocycles. The van der Waals surface area contributed by atoms with Crippen LogP contribution in [-0.2, 0) is 4.79 Å². The van der Waals surface area contributed by atoms with E-state index in [0.29, 0.717) is 10.7 Å². The first-order valence-corrected chi connectivity index (χ1v) is 7.29. The normalized spacial score (nSPS) is 20.1. The van der Waals surface area contributed by atoms with Crippen molar-refractivity contribution < 1.29 is 9.90 Å². The molecule has 1 heterocycles. The standard InChI is InChI=1S/C17H16ClN2O2/c1-20(2)14-9-8-12(18)10-13(14)15(19-16(21)17(20)22)11-6-4-3-5-7-11/h3-10,16,21H,1-2H3/q+1. The SMILES string of the molecule is C[N+]1(C)C(=O)C(O)N=C(c2ccccc2)c2cc(Cl)ccc21. The number of carbonyl (C=O) groups is 1. The molecule has 0 saturated heterocycles. The second-order valence-electron chi connectivity index (χ2n) is 5.67. The number of likely N-dealkylation sites (N-methyl/N-ethyl adjacent to an activating group) is 1. The molecular weight excluding hydrogens is 300 g/mol. The first kappa shape index (κ1) is 14.9. The number of aliphatic imine (C=N–C) groups is 1. The Labute approximate surface area is 133 Å². The van der Waals surface area contributed by atoms with Crippen LogP contribution in [0.15, 0.2) is 53.5 Å². The fraction of sp³-hybridized carbons (Fsp3) is 0.176. The van der Waals surface area contributed by atoms with Gasteiger partial charge in [0.2, 0.25) is 0 Å². The van der Waals surface area contributed by atoms with E-state index < -0.39 is 6.23 Å². The number of hydrogen-bond acceptors (Lipinski definition) is 3. The molecule has 1 amide bonds. The summed E-state index contributed by atoms with van der Waals surface area (Å²) in [5.41, 5.74) is 2.92. The average Bonchev–Trinajstić information content (AvgIpc) is 2.58. The molecule has 3 rings (SSSR count). The van der Waals surface area contributed by atoms with Crippen molar-refractivity contribution >= 4 is 28.9 Å². The first-order chi connectivity index (χ1) is 10.4. The molecule has 4 nitrogen and oxygen atoms in total. The smallest absolute Gasteiger partial charge is 0.361 e. The van der Waals surface area contributed by atoms with Crippen LogP contribution < -0.4 is 4.48 Å². The monoisotopic (exact) mass is 315 g/mol. The lowest BCUT2D eigenvalue weighted by molar-refractivity contribution is -0.136. The Balaban J connectivity index is 2.32. The number of quaternary nitrogens is 1. The number of rotatable bonds is 1. The lowest BCUT2D eigenvalue weighted by atomic mass is 10.00. The summed E-state index contributed by atoms with van der Waals surface area (Å²) in [4.78, 5) is 16.7. The van der Waals surface area contributed by atoms with Crippen LogP contribution in [0.5, 0.6) is 0 Å². The Morgan fingerprint density at radius 3 is 2.50 bits per heavy atom. The van der Waals surface area contributed by atoms with Gasteiger partial charge in [0.05, 0.1) is 25.4 Å². The largest absolute Gasteiger partial charge is 0.369 e. The van der Waals surface area contributed by atoms with E-state index in [1.54, 1.807) is 26.2 Å². The highest BCUT2D eigenvalue weighted by molar-refractivity contribution is 6.31. The number of aliphatic hydroxyl groups excluding tert-OH is 1. The summed E-state index contributed by atoms with van der Waals surface area (Å²) in [5.74, 6) is -0.380. The van der Waals surface area contributed by atoms with Gasteiger partial charge in [0, 0.05) is 16.7 Å². The third kappa shape index (κ3) is 2.35. The first-order valence-electron chi connectivity index (χ1n) is 6.91. The van der Waals surface area contributed by atoms with Crippen molar-refractivity contribution in [3.8, 4) is 0 Å². The number of benzene rings is 2. The number of benzodiazepines with no additional fused rings is 1. The van der Waals surface area contributed by atoms with Gasteiger partial charge in [-0.25, -0.2) is 14.3 Å². The van der Waals surface area contributed by atoms with Gasteiger partial charge in [-0.1, -0.05) is 41.9 Å². The van der Waals surface area contributed by atoms with Crippen LogP contribution in [0.1, 0.15) is 11.1 Å². The summed E-state index contributed by atoms with van der Waals surface area (Å²) >= 11 is 6.14. The highest BCUT2D eigenvalue weighted by Gasteiger charge is 2.40. The molecule has 2 aromatic rings. The minimum absolute atomic E-state index is 0.0898. The summed E-state index contributed by atoms with van der Waals surface area (Å²) in [6.45, 7) is 0.